The summed E-state index contributed by atoms with van der Waals surface area (Å²) in [4.78, 5) is 12.6. The second-order valence-corrected chi connectivity index (χ2v) is 10.8. The molecule has 1 atom stereocenters. The Balaban J connectivity index is 1.55. The van der Waals surface area contributed by atoms with E-state index in [0.29, 0.717) is 39.4 Å². The quantitative estimate of drug-likeness (QED) is 0.345. The zero-order valence-electron chi connectivity index (χ0n) is 19.6. The summed E-state index contributed by atoms with van der Waals surface area (Å²) in [6.45, 7) is 0.112. The van der Waals surface area contributed by atoms with Gasteiger partial charge in [-0.2, -0.15) is 5.26 Å². The summed E-state index contributed by atoms with van der Waals surface area (Å²) in [5.41, 5.74) is 1.57. The zero-order chi connectivity index (χ0) is 26.0. The number of pyridine rings is 1. The Hall–Kier alpha value is -4.08. The van der Waals surface area contributed by atoms with Crippen molar-refractivity contribution in [3.05, 3.63) is 76.7 Å². The average Bonchev–Trinajstić information content (AvgIpc) is 3.22. The Bertz CT molecular complexity index is 1600. The third-order valence-corrected chi connectivity index (χ3v) is 7.54. The van der Waals surface area contributed by atoms with E-state index in [2.05, 4.69) is 31.2 Å². The van der Waals surface area contributed by atoms with E-state index in [4.69, 9.17) is 21.1 Å². The topological polar surface area (TPSA) is 146 Å². The number of rotatable bonds is 7. The first-order valence-electron chi connectivity index (χ1n) is 11.2. The lowest BCUT2D eigenvalue weighted by molar-refractivity contribution is 0.263. The summed E-state index contributed by atoms with van der Waals surface area (Å²) in [5.74, 6) is 1.21. The predicted octanol–water partition coefficient (Wildman–Crippen LogP) is 2.80. The number of hydrogen-bond donors (Lipinski definition) is 0. The largest absolute Gasteiger partial charge is 0.493 e. The lowest BCUT2D eigenvalue weighted by atomic mass is 10.0. The normalized spacial score (nSPS) is 14.6. The van der Waals surface area contributed by atoms with Crippen LogP contribution in [0.3, 0.4) is 0 Å². The fourth-order valence-corrected chi connectivity index (χ4v) is 5.41. The van der Waals surface area contributed by atoms with Gasteiger partial charge in [-0.15, -0.1) is 10.2 Å². The number of nitrogens with zero attached hydrogens (tertiary/aromatic N) is 7. The molecular weight excluding hydrogens is 518 g/mol. The molecule has 0 unspecified atom stereocenters. The van der Waals surface area contributed by atoms with E-state index in [9.17, 15) is 13.7 Å². The van der Waals surface area contributed by atoms with Crippen LogP contribution in [0.15, 0.2) is 48.9 Å². The molecule has 0 saturated heterocycles. The number of fused-ring (bicyclic) bond motifs is 3. The van der Waals surface area contributed by atoms with Crippen molar-refractivity contribution in [1.82, 2.24) is 29.7 Å². The molecule has 5 rings (SSSR count). The second-order valence-electron chi connectivity index (χ2n) is 8.22. The molecule has 0 aliphatic carbocycles. The average molecular weight is 538 g/mol. The molecular formula is C24H20ClN7O4S. The third kappa shape index (κ3) is 5.09. The van der Waals surface area contributed by atoms with E-state index >= 15 is 0 Å². The number of halogens is 1. The highest BCUT2D eigenvalue weighted by molar-refractivity contribution is 7.90. The maximum atomic E-state index is 13.1. The molecule has 4 heterocycles. The van der Waals surface area contributed by atoms with Gasteiger partial charge in [0.2, 0.25) is 0 Å². The molecule has 0 N–H and O–H groups in total. The number of aryl methyl sites for hydroxylation is 1. The molecule has 37 heavy (non-hydrogen) atoms. The Labute approximate surface area is 217 Å². The highest BCUT2D eigenvalue weighted by atomic mass is 35.5. The predicted molar refractivity (Wildman–Crippen MR) is 133 cm³/mol. The van der Waals surface area contributed by atoms with E-state index in [1.165, 1.54) is 19.5 Å². The summed E-state index contributed by atoms with van der Waals surface area (Å²) in [6, 6.07) is 10.3. The molecule has 188 valence electrons. The first kappa shape index (κ1) is 24.6. The van der Waals surface area contributed by atoms with E-state index in [0.717, 1.165) is 5.56 Å². The summed E-state index contributed by atoms with van der Waals surface area (Å²) < 4.78 is 39.5. The van der Waals surface area contributed by atoms with Crippen LogP contribution in [-0.2, 0) is 22.0 Å². The highest BCUT2D eigenvalue weighted by Crippen LogP contribution is 2.41. The fourth-order valence-electron chi connectivity index (χ4n) is 4.08. The van der Waals surface area contributed by atoms with Gasteiger partial charge in [0.05, 0.1) is 35.6 Å². The van der Waals surface area contributed by atoms with E-state index in [1.54, 1.807) is 35.0 Å². The summed E-state index contributed by atoms with van der Waals surface area (Å²) in [6.07, 6.45) is 4.53. The number of methoxy groups -OCH3 is 1. The molecule has 0 spiro atoms. The molecule has 0 bridgehead atoms. The van der Waals surface area contributed by atoms with Crippen LogP contribution < -0.4 is 9.47 Å². The van der Waals surface area contributed by atoms with Crippen molar-refractivity contribution < 1.29 is 17.9 Å². The zero-order valence-corrected chi connectivity index (χ0v) is 21.1. The Morgan fingerprint density at radius 3 is 2.78 bits per heavy atom. The summed E-state index contributed by atoms with van der Waals surface area (Å²) in [5, 5.41) is 18.4. The number of aromatic nitrogens is 6. The number of sulfone groups is 1. The van der Waals surface area contributed by atoms with Crippen LogP contribution in [0.5, 0.6) is 11.5 Å². The van der Waals surface area contributed by atoms with E-state index < -0.39 is 15.9 Å². The van der Waals surface area contributed by atoms with E-state index in [-0.39, 0.29) is 30.4 Å². The van der Waals surface area contributed by atoms with Crippen molar-refractivity contribution >= 4 is 21.4 Å². The van der Waals surface area contributed by atoms with Crippen LogP contribution in [0.1, 0.15) is 28.8 Å². The van der Waals surface area contributed by atoms with Crippen molar-refractivity contribution in [1.29, 1.82) is 5.26 Å². The van der Waals surface area contributed by atoms with E-state index in [1.807, 2.05) is 6.07 Å². The molecule has 0 radical (unpaired) electrons. The minimum atomic E-state index is -3.64. The van der Waals surface area contributed by atoms with Gasteiger partial charge >= 0.3 is 0 Å². The Morgan fingerprint density at radius 1 is 1.22 bits per heavy atom. The lowest BCUT2D eigenvalue weighted by Crippen LogP contribution is -2.22. The molecule has 3 aromatic heterocycles. The van der Waals surface area contributed by atoms with Crippen LogP contribution in [0.2, 0.25) is 5.02 Å². The summed E-state index contributed by atoms with van der Waals surface area (Å²) in [7, 11) is -2.12. The monoisotopic (exact) mass is 537 g/mol. The van der Waals surface area contributed by atoms with Gasteiger partial charge in [0.25, 0.3) is 0 Å². The van der Waals surface area contributed by atoms with Crippen molar-refractivity contribution in [2.24, 2.45) is 0 Å². The third-order valence-electron chi connectivity index (χ3n) is 5.82. The standard InChI is InChI=1S/C24H20ClN7O4S/c1-35-19-5-7-27-22-23(19)36-13-18(16-4-2-3-15(9-16)10-26)32-21(30-31-24(22)32)14-37(33,34)8-6-20-28-11-17(25)12-29-20/h2-5,7,9,11-12,18H,6,8,13-14H2,1H3/t18-/m0/s1. The van der Waals surface area contributed by atoms with Gasteiger partial charge < -0.3 is 9.47 Å². The molecule has 13 heteroatoms. The highest BCUT2D eigenvalue weighted by Gasteiger charge is 2.33. The van der Waals surface area contributed by atoms with Crippen LogP contribution in [0.25, 0.3) is 11.5 Å². The molecule has 0 saturated carbocycles. The van der Waals surface area contributed by atoms with Crippen LogP contribution >= 0.6 is 11.6 Å². The fraction of sp³-hybridized carbons (Fsp3) is 0.250. The molecule has 1 aliphatic rings. The minimum absolute atomic E-state index is 0.112. The molecule has 0 fully saturated rings. The van der Waals surface area contributed by atoms with Crippen molar-refractivity contribution in [2.45, 2.75) is 18.2 Å². The summed E-state index contributed by atoms with van der Waals surface area (Å²) >= 11 is 5.81. The number of ether oxygens (including phenoxy) is 2. The smallest absolute Gasteiger partial charge is 0.190 e. The van der Waals surface area contributed by atoms with Gasteiger partial charge in [-0.25, -0.2) is 23.4 Å². The van der Waals surface area contributed by atoms with Crippen LogP contribution in [-0.4, -0.2) is 57.6 Å². The number of benzene rings is 1. The first-order chi connectivity index (χ1) is 17.9. The molecule has 11 nitrogen and oxygen atoms in total. The van der Waals surface area contributed by atoms with Crippen molar-refractivity contribution in [3.8, 4) is 29.1 Å². The maximum Gasteiger partial charge on any atom is 0.190 e. The van der Waals surface area contributed by atoms with Gasteiger partial charge in [-0.1, -0.05) is 23.7 Å². The SMILES string of the molecule is COc1ccnc2c1OC[C@@H](c1cccc(C#N)c1)n1c(CS(=O)(=O)CCc3ncc(Cl)cn3)nnc1-2. The van der Waals surface area contributed by atoms with Gasteiger partial charge in [-0.05, 0) is 17.7 Å². The first-order valence-corrected chi connectivity index (χ1v) is 13.4. The maximum absolute atomic E-state index is 13.1. The molecule has 4 aromatic rings. The van der Waals surface area contributed by atoms with Crippen LogP contribution in [0, 0.1) is 11.3 Å². The molecule has 0 amide bonds. The van der Waals surface area contributed by atoms with Crippen molar-refractivity contribution in [3.63, 3.8) is 0 Å². The number of hydrogen-bond acceptors (Lipinski definition) is 10. The van der Waals surface area contributed by atoms with Gasteiger partial charge in [0.1, 0.15) is 24.0 Å². The van der Waals surface area contributed by atoms with Crippen LogP contribution in [0.4, 0.5) is 0 Å². The van der Waals surface area contributed by atoms with Gasteiger partial charge in [0, 0.05) is 31.1 Å². The molecule has 1 aromatic carbocycles. The Kier molecular flexibility index (Phi) is 6.73. The van der Waals surface area contributed by atoms with Crippen molar-refractivity contribution in [2.75, 3.05) is 19.5 Å². The number of nitriles is 1. The molecule has 1 aliphatic heterocycles. The minimum Gasteiger partial charge on any atom is -0.493 e. The van der Waals surface area contributed by atoms with Gasteiger partial charge in [-0.3, -0.25) is 4.57 Å². The Morgan fingerprint density at radius 2 is 2.03 bits per heavy atom. The second kappa shape index (κ2) is 10.1. The lowest BCUT2D eigenvalue weighted by Gasteiger charge is -2.20. The van der Waals surface area contributed by atoms with Gasteiger partial charge in [0.15, 0.2) is 32.9 Å².